The highest BCUT2D eigenvalue weighted by Gasteiger charge is 2.22. The number of benzene rings is 1. The zero-order valence-electron chi connectivity index (χ0n) is 14.0. The predicted octanol–water partition coefficient (Wildman–Crippen LogP) is 2.95. The molecule has 1 aromatic carbocycles. The molecule has 0 aliphatic carbocycles. The summed E-state index contributed by atoms with van der Waals surface area (Å²) in [4.78, 5) is 20.7. The molecule has 1 aliphatic heterocycles. The minimum Gasteiger partial charge on any atom is -0.334 e. The third-order valence-electron chi connectivity index (χ3n) is 4.31. The summed E-state index contributed by atoms with van der Waals surface area (Å²) in [7, 11) is 1.82. The molecule has 128 valence electrons. The average Bonchev–Trinajstić information content (AvgIpc) is 3.09. The number of nitrogens with one attached hydrogen (secondary N) is 1. The minimum atomic E-state index is -0.0189. The first-order valence-corrected chi connectivity index (χ1v) is 9.30. The summed E-state index contributed by atoms with van der Waals surface area (Å²) < 4.78 is 0. The number of urea groups is 1. The van der Waals surface area contributed by atoms with Crippen molar-refractivity contribution >= 4 is 17.4 Å². The molecule has 2 amide bonds. The quantitative estimate of drug-likeness (QED) is 0.907. The van der Waals surface area contributed by atoms with Crippen LogP contribution in [0.4, 0.5) is 4.79 Å². The molecule has 24 heavy (non-hydrogen) atoms. The molecule has 5 nitrogen and oxygen atoms in total. The van der Waals surface area contributed by atoms with Crippen LogP contribution in [0.1, 0.15) is 24.1 Å². The Labute approximate surface area is 147 Å². The highest BCUT2D eigenvalue weighted by molar-refractivity contribution is 7.07. The summed E-state index contributed by atoms with van der Waals surface area (Å²) in [6, 6.07) is 10.7. The van der Waals surface area contributed by atoms with Gasteiger partial charge in [0.05, 0.1) is 17.7 Å². The molecule has 1 aliphatic rings. The van der Waals surface area contributed by atoms with Crippen LogP contribution in [0.5, 0.6) is 0 Å². The van der Waals surface area contributed by atoms with E-state index in [1.807, 2.05) is 18.5 Å². The summed E-state index contributed by atoms with van der Waals surface area (Å²) in [5.41, 5.74) is 4.06. The monoisotopic (exact) mass is 344 g/mol. The number of hydrogen-bond acceptors (Lipinski definition) is 4. The fraction of sp³-hybridized carbons (Fsp3) is 0.444. The Morgan fingerprint density at radius 1 is 1.42 bits per heavy atom. The lowest BCUT2D eigenvalue weighted by atomic mass is 10.0. The van der Waals surface area contributed by atoms with Crippen molar-refractivity contribution in [2.45, 2.75) is 32.0 Å². The highest BCUT2D eigenvalue weighted by Crippen LogP contribution is 2.14. The number of carbonyl (C=O) groups excluding carboxylic acids is 1. The van der Waals surface area contributed by atoms with Gasteiger partial charge in [0.2, 0.25) is 0 Å². The number of likely N-dealkylation sites (tertiary alicyclic amines) is 1. The molecular formula is C18H24N4OS. The van der Waals surface area contributed by atoms with E-state index in [-0.39, 0.29) is 12.1 Å². The first-order valence-electron chi connectivity index (χ1n) is 8.35. The number of amides is 2. The van der Waals surface area contributed by atoms with Gasteiger partial charge in [0, 0.05) is 31.6 Å². The summed E-state index contributed by atoms with van der Waals surface area (Å²) >= 11 is 1.55. The van der Waals surface area contributed by atoms with E-state index in [0.29, 0.717) is 6.54 Å². The molecule has 3 rings (SSSR count). The van der Waals surface area contributed by atoms with Gasteiger partial charge in [-0.3, -0.25) is 4.90 Å². The molecule has 0 unspecified atom stereocenters. The van der Waals surface area contributed by atoms with Gasteiger partial charge in [-0.1, -0.05) is 30.3 Å². The number of nitrogens with zero attached hydrogens (tertiary/aromatic N) is 3. The van der Waals surface area contributed by atoms with Crippen LogP contribution < -0.4 is 5.32 Å². The van der Waals surface area contributed by atoms with Crippen LogP contribution in [0.3, 0.4) is 0 Å². The predicted molar refractivity (Wildman–Crippen MR) is 96.9 cm³/mol. The minimum absolute atomic E-state index is 0.0189. The molecule has 1 N–H and O–H groups in total. The van der Waals surface area contributed by atoms with Crippen molar-refractivity contribution in [3.8, 4) is 0 Å². The van der Waals surface area contributed by atoms with Crippen molar-refractivity contribution in [3.63, 3.8) is 0 Å². The Morgan fingerprint density at radius 3 is 3.00 bits per heavy atom. The van der Waals surface area contributed by atoms with Gasteiger partial charge >= 0.3 is 6.03 Å². The molecule has 0 bridgehead atoms. The maximum atomic E-state index is 12.4. The van der Waals surface area contributed by atoms with Crippen LogP contribution in [-0.4, -0.2) is 47.0 Å². The van der Waals surface area contributed by atoms with E-state index in [9.17, 15) is 4.79 Å². The smallest absolute Gasteiger partial charge is 0.317 e. The Kier molecular flexibility index (Phi) is 5.82. The van der Waals surface area contributed by atoms with Crippen molar-refractivity contribution in [3.05, 3.63) is 52.5 Å². The average molecular weight is 344 g/mol. The van der Waals surface area contributed by atoms with E-state index < -0.39 is 0 Å². The lowest BCUT2D eigenvalue weighted by Crippen LogP contribution is -2.50. The van der Waals surface area contributed by atoms with Gasteiger partial charge in [-0.15, -0.1) is 11.3 Å². The van der Waals surface area contributed by atoms with Gasteiger partial charge in [-0.05, 0) is 24.9 Å². The summed E-state index contributed by atoms with van der Waals surface area (Å²) in [5, 5.41) is 5.15. The standard InChI is InChI=1S/C18H24N4OS/c1-21(11-17-13-24-14-19-17)18(23)20-16-8-5-9-22(12-16)10-15-6-3-2-4-7-15/h2-4,6-7,13-14,16H,5,8-12H2,1H3,(H,20,23)/t16-/m0/s1. The second kappa shape index (κ2) is 8.26. The zero-order chi connectivity index (χ0) is 16.8. The molecule has 6 heteroatoms. The third-order valence-corrected chi connectivity index (χ3v) is 4.95. The highest BCUT2D eigenvalue weighted by atomic mass is 32.1. The normalized spacial score (nSPS) is 18.3. The van der Waals surface area contributed by atoms with E-state index in [2.05, 4.69) is 39.5 Å². The van der Waals surface area contributed by atoms with E-state index in [1.54, 1.807) is 21.7 Å². The van der Waals surface area contributed by atoms with E-state index in [4.69, 9.17) is 0 Å². The number of hydrogen-bond donors (Lipinski definition) is 1. The first kappa shape index (κ1) is 16.9. The van der Waals surface area contributed by atoms with Gasteiger partial charge in [0.15, 0.2) is 0 Å². The number of carbonyl (C=O) groups is 1. The van der Waals surface area contributed by atoms with Crippen molar-refractivity contribution < 1.29 is 4.79 Å². The Morgan fingerprint density at radius 2 is 2.25 bits per heavy atom. The first-order chi connectivity index (χ1) is 11.7. The topological polar surface area (TPSA) is 48.5 Å². The van der Waals surface area contributed by atoms with Crippen molar-refractivity contribution in [1.29, 1.82) is 0 Å². The second-order valence-corrected chi connectivity index (χ2v) is 7.06. The largest absolute Gasteiger partial charge is 0.334 e. The molecule has 2 aromatic rings. The number of aromatic nitrogens is 1. The fourth-order valence-corrected chi connectivity index (χ4v) is 3.62. The molecule has 1 aromatic heterocycles. The summed E-state index contributed by atoms with van der Waals surface area (Å²) in [6.45, 7) is 3.50. The van der Waals surface area contributed by atoms with Gasteiger partial charge in [-0.25, -0.2) is 9.78 Å². The van der Waals surface area contributed by atoms with E-state index >= 15 is 0 Å². The van der Waals surface area contributed by atoms with E-state index in [0.717, 1.165) is 38.2 Å². The molecule has 0 radical (unpaired) electrons. The van der Waals surface area contributed by atoms with Crippen LogP contribution in [-0.2, 0) is 13.1 Å². The number of rotatable bonds is 5. The van der Waals surface area contributed by atoms with Crippen LogP contribution in [0.2, 0.25) is 0 Å². The zero-order valence-corrected chi connectivity index (χ0v) is 14.8. The summed E-state index contributed by atoms with van der Waals surface area (Å²) in [5.74, 6) is 0. The molecular weight excluding hydrogens is 320 g/mol. The molecule has 1 saturated heterocycles. The van der Waals surface area contributed by atoms with Gasteiger partial charge < -0.3 is 10.2 Å². The SMILES string of the molecule is CN(Cc1cscn1)C(=O)N[C@H]1CCCN(Cc2ccccc2)C1. The van der Waals surface area contributed by atoms with Gasteiger partial charge in [-0.2, -0.15) is 0 Å². The number of piperidine rings is 1. The van der Waals surface area contributed by atoms with Crippen LogP contribution in [0.15, 0.2) is 41.2 Å². The Balaban J connectivity index is 1.48. The van der Waals surface area contributed by atoms with Crippen molar-refractivity contribution in [2.75, 3.05) is 20.1 Å². The number of thiazole rings is 1. The van der Waals surface area contributed by atoms with E-state index in [1.165, 1.54) is 5.56 Å². The third kappa shape index (κ3) is 4.79. The molecule has 2 heterocycles. The van der Waals surface area contributed by atoms with Gasteiger partial charge in [0.1, 0.15) is 0 Å². The van der Waals surface area contributed by atoms with Crippen LogP contribution in [0, 0.1) is 0 Å². The van der Waals surface area contributed by atoms with Crippen molar-refractivity contribution in [2.24, 2.45) is 0 Å². The summed E-state index contributed by atoms with van der Waals surface area (Å²) in [6.07, 6.45) is 2.16. The molecule has 0 spiro atoms. The lowest BCUT2D eigenvalue weighted by Gasteiger charge is -2.34. The molecule has 1 atom stereocenters. The van der Waals surface area contributed by atoms with Crippen molar-refractivity contribution in [1.82, 2.24) is 20.1 Å². The maximum Gasteiger partial charge on any atom is 0.317 e. The Bertz CT molecular complexity index is 632. The molecule has 0 saturated carbocycles. The molecule has 1 fully saturated rings. The fourth-order valence-electron chi connectivity index (χ4n) is 3.07. The maximum absolute atomic E-state index is 12.4. The van der Waals surface area contributed by atoms with Crippen LogP contribution >= 0.6 is 11.3 Å². The Hall–Kier alpha value is -1.92. The lowest BCUT2D eigenvalue weighted by molar-refractivity contribution is 0.167. The van der Waals surface area contributed by atoms with Gasteiger partial charge in [0.25, 0.3) is 0 Å². The van der Waals surface area contributed by atoms with Crippen LogP contribution in [0.25, 0.3) is 0 Å². The second-order valence-electron chi connectivity index (χ2n) is 6.35.